The van der Waals surface area contributed by atoms with Crippen LogP contribution in [-0.4, -0.2) is 15.4 Å². The van der Waals surface area contributed by atoms with Gasteiger partial charge in [-0.2, -0.15) is 0 Å². The molecule has 1 heterocycles. The minimum atomic E-state index is 0.137. The predicted molar refractivity (Wildman–Crippen MR) is 68.8 cm³/mol. The van der Waals surface area contributed by atoms with Crippen molar-refractivity contribution >= 4 is 29.3 Å². The van der Waals surface area contributed by atoms with Crippen LogP contribution in [0.1, 0.15) is 33.3 Å². The van der Waals surface area contributed by atoms with Crippen LogP contribution in [0.3, 0.4) is 0 Å². The van der Waals surface area contributed by atoms with E-state index in [1.54, 1.807) is 18.1 Å². The van der Waals surface area contributed by atoms with E-state index < -0.39 is 0 Å². The monoisotopic (exact) mass is 242 g/mol. The first-order valence-corrected chi connectivity index (χ1v) is 5.88. The molecule has 4 heteroatoms. The summed E-state index contributed by atoms with van der Waals surface area (Å²) in [7, 11) is 0. The highest BCUT2D eigenvalue weighted by molar-refractivity contribution is 7.99. The highest BCUT2D eigenvalue weighted by Gasteiger charge is 2.10. The van der Waals surface area contributed by atoms with Crippen molar-refractivity contribution in [2.45, 2.75) is 32.4 Å². The highest BCUT2D eigenvalue weighted by atomic mass is 35.5. The summed E-state index contributed by atoms with van der Waals surface area (Å²) in [6.07, 6.45) is 1.69. The smallest absolute Gasteiger partial charge is 0.129 e. The van der Waals surface area contributed by atoms with Gasteiger partial charge in [-0.3, -0.25) is 0 Å². The van der Waals surface area contributed by atoms with Crippen molar-refractivity contribution in [3.05, 3.63) is 29.0 Å². The molecule has 0 saturated carbocycles. The molecule has 1 aromatic rings. The molecule has 0 atom stereocenters. The third-order valence-corrected chi connectivity index (χ3v) is 2.72. The highest BCUT2D eigenvalue weighted by Crippen LogP contribution is 2.25. The first kappa shape index (κ1) is 12.5. The number of halogens is 1. The van der Waals surface area contributed by atoms with Crippen LogP contribution in [0.4, 0.5) is 0 Å². The normalized spacial score (nSPS) is 13.0. The number of hydrogen-bond donors (Lipinski definition) is 0. The summed E-state index contributed by atoms with van der Waals surface area (Å²) in [5.74, 6) is 0. The number of hydrogen-bond acceptors (Lipinski definition) is 3. The van der Waals surface area contributed by atoms with Gasteiger partial charge in [-0.25, -0.2) is 9.38 Å². The molecule has 0 unspecified atom stereocenters. The van der Waals surface area contributed by atoms with Crippen LogP contribution < -0.4 is 0 Å². The summed E-state index contributed by atoms with van der Waals surface area (Å²) in [6, 6.07) is 3.73. The van der Waals surface area contributed by atoms with Crippen molar-refractivity contribution in [3.8, 4) is 0 Å². The Hall–Kier alpha value is -0.540. The summed E-state index contributed by atoms with van der Waals surface area (Å²) in [5, 5.41) is 0.503. The molecule has 0 saturated heterocycles. The average molecular weight is 243 g/mol. The fraction of sp³-hybridized carbons (Fsp3) is 0.455. The van der Waals surface area contributed by atoms with E-state index in [-0.39, 0.29) is 4.75 Å². The van der Waals surface area contributed by atoms with E-state index in [1.165, 1.54) is 0 Å². The average Bonchev–Trinajstić information content (AvgIpc) is 2.13. The SMILES string of the molecule is C/C(=N\SC(C)(C)C)c1ccnc(Cl)c1. The summed E-state index contributed by atoms with van der Waals surface area (Å²) in [6.45, 7) is 8.38. The lowest BCUT2D eigenvalue weighted by molar-refractivity contribution is 0.804. The molecule has 0 aliphatic heterocycles. The Morgan fingerprint density at radius 1 is 1.47 bits per heavy atom. The van der Waals surface area contributed by atoms with Gasteiger partial charge in [-0.15, -0.1) is 0 Å². The Kier molecular flexibility index (Phi) is 4.17. The molecule has 82 valence electrons. The molecule has 0 radical (unpaired) electrons. The second-order valence-corrected chi connectivity index (χ2v) is 6.22. The number of aromatic nitrogens is 1. The minimum absolute atomic E-state index is 0.137. The Morgan fingerprint density at radius 3 is 2.67 bits per heavy atom. The largest absolute Gasteiger partial charge is 0.245 e. The van der Waals surface area contributed by atoms with Crippen molar-refractivity contribution in [1.82, 2.24) is 4.98 Å². The van der Waals surface area contributed by atoms with Gasteiger partial charge in [0.1, 0.15) is 5.15 Å². The van der Waals surface area contributed by atoms with Gasteiger partial charge in [-0.05, 0) is 51.8 Å². The van der Waals surface area contributed by atoms with E-state index in [0.29, 0.717) is 5.15 Å². The molecular formula is C11H15ClN2S. The molecule has 15 heavy (non-hydrogen) atoms. The number of pyridine rings is 1. The minimum Gasteiger partial charge on any atom is -0.245 e. The predicted octanol–water partition coefficient (Wildman–Crippen LogP) is 3.99. The zero-order valence-electron chi connectivity index (χ0n) is 9.41. The van der Waals surface area contributed by atoms with E-state index in [4.69, 9.17) is 11.6 Å². The lowest BCUT2D eigenvalue weighted by atomic mass is 10.2. The van der Waals surface area contributed by atoms with Gasteiger partial charge >= 0.3 is 0 Å². The van der Waals surface area contributed by atoms with E-state index >= 15 is 0 Å². The maximum absolute atomic E-state index is 5.81. The Bertz CT molecular complexity index is 369. The van der Waals surface area contributed by atoms with Crippen LogP contribution in [0, 0.1) is 0 Å². The lowest BCUT2D eigenvalue weighted by Crippen LogP contribution is -2.06. The van der Waals surface area contributed by atoms with Crippen LogP contribution in [0.25, 0.3) is 0 Å². The molecule has 1 aromatic heterocycles. The molecule has 0 spiro atoms. The van der Waals surface area contributed by atoms with Crippen LogP contribution in [-0.2, 0) is 0 Å². The van der Waals surface area contributed by atoms with Gasteiger partial charge in [0.05, 0.1) is 5.71 Å². The topological polar surface area (TPSA) is 25.2 Å². The molecule has 1 rings (SSSR count). The molecule has 0 aliphatic rings. The fourth-order valence-corrected chi connectivity index (χ4v) is 1.58. The second-order valence-electron chi connectivity index (χ2n) is 4.25. The standard InChI is InChI=1S/C11H15ClN2S/c1-8(14-15-11(2,3)4)9-5-6-13-10(12)7-9/h5-7H,1-4H3/b14-8+. The van der Waals surface area contributed by atoms with Gasteiger partial charge < -0.3 is 0 Å². The van der Waals surface area contributed by atoms with Crippen molar-refractivity contribution in [2.75, 3.05) is 0 Å². The third kappa shape index (κ3) is 4.67. The maximum atomic E-state index is 5.81. The number of rotatable bonds is 2. The molecule has 2 nitrogen and oxygen atoms in total. The van der Waals surface area contributed by atoms with Crippen molar-refractivity contribution in [2.24, 2.45) is 4.40 Å². The summed E-state index contributed by atoms with van der Waals surface area (Å²) < 4.78 is 4.59. The van der Waals surface area contributed by atoms with E-state index in [0.717, 1.165) is 11.3 Å². The molecule has 0 N–H and O–H groups in total. The van der Waals surface area contributed by atoms with Gasteiger partial charge in [0, 0.05) is 16.5 Å². The third-order valence-electron chi connectivity index (χ3n) is 1.60. The Balaban J connectivity index is 2.80. The Morgan fingerprint density at radius 2 is 2.13 bits per heavy atom. The molecule has 0 aromatic carbocycles. The summed E-state index contributed by atoms with van der Waals surface area (Å²) >= 11 is 7.37. The lowest BCUT2D eigenvalue weighted by Gasteiger charge is -2.13. The summed E-state index contributed by atoms with van der Waals surface area (Å²) in [5.41, 5.74) is 1.99. The van der Waals surface area contributed by atoms with Crippen molar-refractivity contribution in [3.63, 3.8) is 0 Å². The van der Waals surface area contributed by atoms with Crippen LogP contribution in [0.15, 0.2) is 22.7 Å². The van der Waals surface area contributed by atoms with Gasteiger partial charge in [0.15, 0.2) is 0 Å². The summed E-state index contributed by atoms with van der Waals surface area (Å²) in [4.78, 5) is 3.93. The van der Waals surface area contributed by atoms with E-state index in [2.05, 4.69) is 30.2 Å². The van der Waals surface area contributed by atoms with Crippen LogP contribution in [0.2, 0.25) is 5.15 Å². The van der Waals surface area contributed by atoms with E-state index in [9.17, 15) is 0 Å². The van der Waals surface area contributed by atoms with Crippen LogP contribution >= 0.6 is 23.5 Å². The maximum Gasteiger partial charge on any atom is 0.129 e. The molecule has 0 amide bonds. The quantitative estimate of drug-likeness (QED) is 0.445. The molecule has 0 bridgehead atoms. The first-order valence-electron chi connectivity index (χ1n) is 4.73. The van der Waals surface area contributed by atoms with Crippen molar-refractivity contribution < 1.29 is 0 Å². The molecule has 0 aliphatic carbocycles. The zero-order valence-corrected chi connectivity index (χ0v) is 11.0. The van der Waals surface area contributed by atoms with Gasteiger partial charge in [0.2, 0.25) is 0 Å². The second kappa shape index (κ2) is 4.99. The van der Waals surface area contributed by atoms with Crippen molar-refractivity contribution in [1.29, 1.82) is 0 Å². The van der Waals surface area contributed by atoms with Crippen LogP contribution in [0.5, 0.6) is 0 Å². The zero-order chi connectivity index (χ0) is 11.5. The number of nitrogens with zero attached hydrogens (tertiary/aromatic N) is 2. The van der Waals surface area contributed by atoms with Gasteiger partial charge in [0.25, 0.3) is 0 Å². The molecular weight excluding hydrogens is 228 g/mol. The first-order chi connectivity index (χ1) is 6.88. The Labute approximate surface area is 100 Å². The van der Waals surface area contributed by atoms with E-state index in [1.807, 2.05) is 19.1 Å². The fourth-order valence-electron chi connectivity index (χ4n) is 0.886. The van der Waals surface area contributed by atoms with Gasteiger partial charge in [-0.1, -0.05) is 11.6 Å². The molecule has 0 fully saturated rings.